The van der Waals surface area contributed by atoms with Gasteiger partial charge in [-0.1, -0.05) is 6.07 Å². The first-order chi connectivity index (χ1) is 9.01. The van der Waals surface area contributed by atoms with Gasteiger partial charge in [-0.05, 0) is 51.1 Å². The maximum Gasteiger partial charge on any atom is 0.0643 e. The monoisotopic (exact) mass is 257 g/mol. The molecule has 0 amide bonds. The largest absolute Gasteiger partial charge is 0.365 e. The summed E-state index contributed by atoms with van der Waals surface area (Å²) in [6, 6.07) is 9.82. The number of anilines is 1. The predicted molar refractivity (Wildman–Crippen MR) is 79.4 cm³/mol. The Balaban J connectivity index is 2.31. The van der Waals surface area contributed by atoms with Gasteiger partial charge in [0.2, 0.25) is 0 Å². The van der Waals surface area contributed by atoms with E-state index in [2.05, 4.69) is 61.9 Å². The highest BCUT2D eigenvalue weighted by molar-refractivity contribution is 5.52. The number of nitrogens with zero attached hydrogens (tertiary/aromatic N) is 3. The zero-order valence-corrected chi connectivity index (χ0v) is 12.3. The molecule has 1 saturated heterocycles. The van der Waals surface area contributed by atoms with Gasteiger partial charge in [0.1, 0.15) is 0 Å². The highest BCUT2D eigenvalue weighted by atomic mass is 15.3. The Labute approximate surface area is 116 Å². The standard InChI is InChI=1S/C16H23N3/c1-12-7-13(2)9-16(8-12)19-10-14(3)18(4)11-15(19)5-6-17/h7-9,14-15H,5,10-11H2,1-4H3. The molecule has 2 unspecified atom stereocenters. The van der Waals surface area contributed by atoms with Gasteiger partial charge < -0.3 is 4.90 Å². The molecule has 1 aromatic carbocycles. The molecule has 1 aliphatic rings. The van der Waals surface area contributed by atoms with Crippen LogP contribution in [0.4, 0.5) is 5.69 Å². The average molecular weight is 257 g/mol. The molecular weight excluding hydrogens is 234 g/mol. The van der Waals surface area contributed by atoms with Crippen molar-refractivity contribution in [3.63, 3.8) is 0 Å². The quantitative estimate of drug-likeness (QED) is 0.816. The van der Waals surface area contributed by atoms with Crippen LogP contribution in [0, 0.1) is 25.2 Å². The topological polar surface area (TPSA) is 30.3 Å². The molecule has 0 bridgehead atoms. The minimum Gasteiger partial charge on any atom is -0.365 e. The number of benzene rings is 1. The lowest BCUT2D eigenvalue weighted by molar-refractivity contribution is 0.201. The average Bonchev–Trinajstić information content (AvgIpc) is 2.32. The van der Waals surface area contributed by atoms with E-state index in [1.165, 1.54) is 16.8 Å². The summed E-state index contributed by atoms with van der Waals surface area (Å²) in [5.41, 5.74) is 3.84. The van der Waals surface area contributed by atoms with Crippen LogP contribution in [-0.2, 0) is 0 Å². The van der Waals surface area contributed by atoms with Crippen LogP contribution < -0.4 is 4.90 Å². The van der Waals surface area contributed by atoms with Gasteiger partial charge in [0.05, 0.1) is 18.5 Å². The molecule has 19 heavy (non-hydrogen) atoms. The molecule has 3 nitrogen and oxygen atoms in total. The zero-order valence-electron chi connectivity index (χ0n) is 12.3. The summed E-state index contributed by atoms with van der Waals surface area (Å²) in [6.45, 7) is 8.47. The molecule has 0 radical (unpaired) electrons. The lowest BCUT2D eigenvalue weighted by Crippen LogP contribution is -2.56. The molecule has 1 aliphatic heterocycles. The summed E-state index contributed by atoms with van der Waals surface area (Å²) in [7, 11) is 2.15. The van der Waals surface area contributed by atoms with Crippen LogP contribution in [0.15, 0.2) is 18.2 Å². The van der Waals surface area contributed by atoms with Crippen molar-refractivity contribution in [3.05, 3.63) is 29.3 Å². The zero-order chi connectivity index (χ0) is 14.0. The van der Waals surface area contributed by atoms with E-state index < -0.39 is 0 Å². The van der Waals surface area contributed by atoms with Crippen molar-refractivity contribution >= 4 is 5.69 Å². The van der Waals surface area contributed by atoms with Gasteiger partial charge in [-0.15, -0.1) is 0 Å². The van der Waals surface area contributed by atoms with Gasteiger partial charge in [-0.3, -0.25) is 4.90 Å². The summed E-state index contributed by atoms with van der Waals surface area (Å²) in [4.78, 5) is 4.76. The molecule has 1 fully saturated rings. The first-order valence-corrected chi connectivity index (χ1v) is 6.93. The summed E-state index contributed by atoms with van der Waals surface area (Å²) >= 11 is 0. The van der Waals surface area contributed by atoms with Gasteiger partial charge in [0.25, 0.3) is 0 Å². The second-order valence-corrected chi connectivity index (χ2v) is 5.80. The van der Waals surface area contributed by atoms with Crippen LogP contribution in [0.3, 0.4) is 0 Å². The number of aryl methyl sites for hydroxylation is 2. The number of nitriles is 1. The van der Waals surface area contributed by atoms with E-state index in [1.54, 1.807) is 0 Å². The van der Waals surface area contributed by atoms with E-state index in [1.807, 2.05) is 0 Å². The fourth-order valence-corrected chi connectivity index (χ4v) is 2.90. The third kappa shape index (κ3) is 3.08. The Morgan fingerprint density at radius 3 is 2.42 bits per heavy atom. The van der Waals surface area contributed by atoms with Crippen LogP contribution in [0.1, 0.15) is 24.5 Å². The Bertz CT molecular complexity index is 469. The van der Waals surface area contributed by atoms with Crippen molar-refractivity contribution in [2.24, 2.45) is 0 Å². The van der Waals surface area contributed by atoms with Crippen LogP contribution in [0.5, 0.6) is 0 Å². The van der Waals surface area contributed by atoms with Crippen LogP contribution in [-0.4, -0.2) is 37.1 Å². The fraction of sp³-hybridized carbons (Fsp3) is 0.562. The predicted octanol–water partition coefficient (Wildman–Crippen LogP) is 2.73. The molecule has 0 aromatic heterocycles. The summed E-state index contributed by atoms with van der Waals surface area (Å²) in [5, 5.41) is 9.05. The van der Waals surface area contributed by atoms with Crippen molar-refractivity contribution in [1.82, 2.24) is 4.90 Å². The lowest BCUT2D eigenvalue weighted by Gasteiger charge is -2.44. The number of piperazine rings is 1. The minimum absolute atomic E-state index is 0.299. The first-order valence-electron chi connectivity index (χ1n) is 6.93. The molecule has 0 N–H and O–H groups in total. The van der Waals surface area contributed by atoms with Crippen LogP contribution in [0.2, 0.25) is 0 Å². The number of rotatable bonds is 2. The van der Waals surface area contributed by atoms with Crippen molar-refractivity contribution in [2.45, 2.75) is 39.3 Å². The maximum atomic E-state index is 9.05. The van der Waals surface area contributed by atoms with E-state index in [-0.39, 0.29) is 0 Å². The van der Waals surface area contributed by atoms with E-state index in [4.69, 9.17) is 5.26 Å². The fourth-order valence-electron chi connectivity index (χ4n) is 2.90. The van der Waals surface area contributed by atoms with Gasteiger partial charge in [-0.2, -0.15) is 5.26 Å². The summed E-state index contributed by atoms with van der Waals surface area (Å²) in [5.74, 6) is 0. The molecule has 1 heterocycles. The van der Waals surface area contributed by atoms with Gasteiger partial charge >= 0.3 is 0 Å². The van der Waals surface area contributed by atoms with Crippen LogP contribution >= 0.6 is 0 Å². The number of likely N-dealkylation sites (N-methyl/N-ethyl adjacent to an activating group) is 1. The number of hydrogen-bond acceptors (Lipinski definition) is 3. The Hall–Kier alpha value is -1.53. The normalized spacial score (nSPS) is 24.3. The second-order valence-electron chi connectivity index (χ2n) is 5.80. The van der Waals surface area contributed by atoms with Crippen molar-refractivity contribution in [2.75, 3.05) is 25.0 Å². The smallest absolute Gasteiger partial charge is 0.0643 e. The molecule has 102 valence electrons. The van der Waals surface area contributed by atoms with Gasteiger partial charge in [0, 0.05) is 24.8 Å². The molecule has 1 aromatic rings. The Kier molecular flexibility index (Phi) is 4.11. The Morgan fingerprint density at radius 2 is 1.84 bits per heavy atom. The molecule has 0 aliphatic carbocycles. The second kappa shape index (κ2) is 5.63. The molecule has 2 atom stereocenters. The first kappa shape index (κ1) is 13.9. The molecule has 0 spiro atoms. The van der Waals surface area contributed by atoms with E-state index >= 15 is 0 Å². The number of hydrogen-bond donors (Lipinski definition) is 0. The lowest BCUT2D eigenvalue weighted by atomic mass is 10.0. The van der Waals surface area contributed by atoms with Crippen molar-refractivity contribution < 1.29 is 0 Å². The van der Waals surface area contributed by atoms with Crippen molar-refractivity contribution in [1.29, 1.82) is 5.26 Å². The van der Waals surface area contributed by atoms with Gasteiger partial charge in [0.15, 0.2) is 0 Å². The minimum atomic E-state index is 0.299. The third-order valence-electron chi connectivity index (χ3n) is 4.02. The van der Waals surface area contributed by atoms with E-state index in [9.17, 15) is 0 Å². The van der Waals surface area contributed by atoms with Crippen molar-refractivity contribution in [3.8, 4) is 6.07 Å². The molecule has 3 heteroatoms. The van der Waals surface area contributed by atoms with Gasteiger partial charge in [-0.25, -0.2) is 0 Å². The van der Waals surface area contributed by atoms with Crippen LogP contribution in [0.25, 0.3) is 0 Å². The maximum absolute atomic E-state index is 9.05. The summed E-state index contributed by atoms with van der Waals surface area (Å²) in [6.07, 6.45) is 0.587. The molecular formula is C16H23N3. The highest BCUT2D eigenvalue weighted by Gasteiger charge is 2.29. The Morgan fingerprint density at radius 1 is 1.21 bits per heavy atom. The molecule has 2 rings (SSSR count). The third-order valence-corrected chi connectivity index (χ3v) is 4.02. The molecule has 0 saturated carbocycles. The highest BCUT2D eigenvalue weighted by Crippen LogP contribution is 2.26. The van der Waals surface area contributed by atoms with E-state index in [0.717, 1.165) is 13.1 Å². The SMILES string of the molecule is Cc1cc(C)cc(N2CC(C)N(C)CC2CC#N)c1. The van der Waals surface area contributed by atoms with E-state index in [0.29, 0.717) is 18.5 Å². The summed E-state index contributed by atoms with van der Waals surface area (Å²) < 4.78 is 0.